The second kappa shape index (κ2) is 5.54. The first kappa shape index (κ1) is 12.6. The molecule has 1 aromatic rings. The van der Waals surface area contributed by atoms with Crippen LogP contribution < -0.4 is 4.74 Å². The molecule has 1 unspecified atom stereocenters. The topological polar surface area (TPSA) is 46.5 Å². The van der Waals surface area contributed by atoms with E-state index in [0.717, 1.165) is 12.8 Å². The van der Waals surface area contributed by atoms with Crippen molar-refractivity contribution >= 4 is 5.97 Å². The van der Waals surface area contributed by atoms with Crippen molar-refractivity contribution in [3.05, 3.63) is 30.3 Å². The second-order valence-electron chi connectivity index (χ2n) is 4.05. The van der Waals surface area contributed by atoms with E-state index in [9.17, 15) is 9.90 Å². The zero-order chi connectivity index (χ0) is 12.0. The number of hydrogen-bond donors (Lipinski definition) is 1. The van der Waals surface area contributed by atoms with Crippen molar-refractivity contribution in [1.29, 1.82) is 0 Å². The van der Waals surface area contributed by atoms with Crippen LogP contribution in [-0.2, 0) is 4.79 Å². The van der Waals surface area contributed by atoms with Gasteiger partial charge in [-0.05, 0) is 31.9 Å². The highest BCUT2D eigenvalue weighted by Crippen LogP contribution is 2.23. The van der Waals surface area contributed by atoms with Crippen LogP contribution in [0.3, 0.4) is 0 Å². The molecule has 16 heavy (non-hydrogen) atoms. The molecule has 0 aliphatic rings. The minimum Gasteiger partial charge on any atom is -0.478 e. The molecule has 0 aromatic heterocycles. The zero-order valence-corrected chi connectivity index (χ0v) is 9.77. The van der Waals surface area contributed by atoms with E-state index in [4.69, 9.17) is 4.74 Å². The molecule has 1 aromatic carbocycles. The molecule has 0 aliphatic carbocycles. The Kier molecular flexibility index (Phi) is 4.35. The van der Waals surface area contributed by atoms with Crippen LogP contribution >= 0.6 is 0 Å². The summed E-state index contributed by atoms with van der Waals surface area (Å²) in [5, 5.41) is 9.20. The van der Waals surface area contributed by atoms with E-state index in [1.807, 2.05) is 25.1 Å². The largest absolute Gasteiger partial charge is 0.478 e. The van der Waals surface area contributed by atoms with Crippen LogP contribution in [0.1, 0.15) is 33.1 Å². The molecule has 3 heteroatoms. The number of carboxylic acid groups (broad SMARTS) is 1. The summed E-state index contributed by atoms with van der Waals surface area (Å²) in [6, 6.07) is 9.08. The van der Waals surface area contributed by atoms with Gasteiger partial charge in [-0.3, -0.25) is 0 Å². The lowest BCUT2D eigenvalue weighted by molar-refractivity contribution is -0.154. The molecule has 0 fully saturated rings. The highest BCUT2D eigenvalue weighted by atomic mass is 16.5. The maximum Gasteiger partial charge on any atom is 0.347 e. The van der Waals surface area contributed by atoms with Gasteiger partial charge < -0.3 is 9.84 Å². The van der Waals surface area contributed by atoms with Crippen LogP contribution in [0, 0.1) is 0 Å². The summed E-state index contributed by atoms with van der Waals surface area (Å²) in [5.74, 6) is -0.312. The first-order chi connectivity index (χ1) is 7.58. The lowest BCUT2D eigenvalue weighted by atomic mass is 9.99. The van der Waals surface area contributed by atoms with E-state index in [-0.39, 0.29) is 0 Å². The molecule has 0 radical (unpaired) electrons. The molecule has 0 heterocycles. The highest BCUT2D eigenvalue weighted by Gasteiger charge is 2.34. The smallest absolute Gasteiger partial charge is 0.347 e. The first-order valence-corrected chi connectivity index (χ1v) is 5.56. The van der Waals surface area contributed by atoms with Crippen molar-refractivity contribution in [3.63, 3.8) is 0 Å². The van der Waals surface area contributed by atoms with Gasteiger partial charge in [0.1, 0.15) is 5.75 Å². The van der Waals surface area contributed by atoms with Crippen LogP contribution in [-0.4, -0.2) is 16.7 Å². The Hall–Kier alpha value is -1.51. The molecule has 0 bridgehead atoms. The number of para-hydroxylation sites is 1. The maximum absolute atomic E-state index is 11.2. The van der Waals surface area contributed by atoms with Crippen molar-refractivity contribution in [2.45, 2.75) is 38.7 Å². The van der Waals surface area contributed by atoms with Crippen LogP contribution in [0.5, 0.6) is 5.75 Å². The third kappa shape index (κ3) is 3.26. The van der Waals surface area contributed by atoms with Crippen molar-refractivity contribution < 1.29 is 14.6 Å². The molecule has 3 nitrogen and oxygen atoms in total. The molecular weight excluding hydrogens is 204 g/mol. The number of rotatable bonds is 6. The summed E-state index contributed by atoms with van der Waals surface area (Å²) >= 11 is 0. The third-order valence-electron chi connectivity index (χ3n) is 2.55. The lowest BCUT2D eigenvalue weighted by Crippen LogP contribution is -2.41. The Morgan fingerprint density at radius 3 is 2.50 bits per heavy atom. The predicted octanol–water partition coefficient (Wildman–Crippen LogP) is 3.10. The van der Waals surface area contributed by atoms with Crippen molar-refractivity contribution in [1.82, 2.24) is 0 Å². The van der Waals surface area contributed by atoms with Gasteiger partial charge in [-0.25, -0.2) is 4.79 Å². The fourth-order valence-corrected chi connectivity index (χ4v) is 1.46. The van der Waals surface area contributed by atoms with Gasteiger partial charge in [0.2, 0.25) is 5.60 Å². The summed E-state index contributed by atoms with van der Waals surface area (Å²) in [4.78, 5) is 11.2. The zero-order valence-electron chi connectivity index (χ0n) is 9.77. The summed E-state index contributed by atoms with van der Waals surface area (Å²) in [6.45, 7) is 3.66. The molecule has 0 spiro atoms. The second-order valence-corrected chi connectivity index (χ2v) is 4.05. The Labute approximate surface area is 96.1 Å². The Balaban J connectivity index is 2.75. The first-order valence-electron chi connectivity index (χ1n) is 5.56. The fourth-order valence-electron chi connectivity index (χ4n) is 1.46. The van der Waals surface area contributed by atoms with E-state index in [1.165, 1.54) is 0 Å². The van der Waals surface area contributed by atoms with Crippen molar-refractivity contribution in [2.24, 2.45) is 0 Å². The van der Waals surface area contributed by atoms with Gasteiger partial charge in [-0.2, -0.15) is 0 Å². The summed E-state index contributed by atoms with van der Waals surface area (Å²) < 4.78 is 5.57. The van der Waals surface area contributed by atoms with E-state index in [2.05, 4.69) is 0 Å². The Morgan fingerprint density at radius 1 is 1.38 bits per heavy atom. The van der Waals surface area contributed by atoms with Crippen LogP contribution in [0.4, 0.5) is 0 Å². The summed E-state index contributed by atoms with van der Waals surface area (Å²) in [6.07, 6.45) is 2.32. The molecule has 88 valence electrons. The number of carboxylic acids is 1. The lowest BCUT2D eigenvalue weighted by Gasteiger charge is -2.26. The van der Waals surface area contributed by atoms with Crippen LogP contribution in [0.2, 0.25) is 0 Å². The Morgan fingerprint density at radius 2 is 2.00 bits per heavy atom. The molecule has 0 saturated carbocycles. The van der Waals surface area contributed by atoms with Gasteiger partial charge in [-0.15, -0.1) is 0 Å². The average Bonchev–Trinajstić information content (AvgIpc) is 2.27. The molecular formula is C13H18O3. The maximum atomic E-state index is 11.2. The molecule has 1 atom stereocenters. The van der Waals surface area contributed by atoms with Crippen molar-refractivity contribution in [3.8, 4) is 5.75 Å². The number of unbranched alkanes of at least 4 members (excludes halogenated alkanes) is 1. The Bertz CT molecular complexity index is 334. The number of benzene rings is 1. The van der Waals surface area contributed by atoms with Gasteiger partial charge in [0.15, 0.2) is 0 Å². The van der Waals surface area contributed by atoms with Gasteiger partial charge in [0.05, 0.1) is 0 Å². The van der Waals surface area contributed by atoms with E-state index >= 15 is 0 Å². The fraction of sp³-hybridized carbons (Fsp3) is 0.462. The van der Waals surface area contributed by atoms with Crippen LogP contribution in [0.25, 0.3) is 0 Å². The van der Waals surface area contributed by atoms with E-state index < -0.39 is 11.6 Å². The monoisotopic (exact) mass is 222 g/mol. The van der Waals surface area contributed by atoms with Crippen LogP contribution in [0.15, 0.2) is 30.3 Å². The average molecular weight is 222 g/mol. The van der Waals surface area contributed by atoms with E-state index in [1.54, 1.807) is 19.1 Å². The number of aliphatic carboxylic acids is 1. The van der Waals surface area contributed by atoms with E-state index in [0.29, 0.717) is 12.2 Å². The SMILES string of the molecule is CCCCC(C)(Oc1ccccc1)C(=O)O. The number of hydrogen-bond acceptors (Lipinski definition) is 2. The summed E-state index contributed by atoms with van der Waals surface area (Å²) in [5.41, 5.74) is -1.13. The standard InChI is InChI=1S/C13H18O3/c1-3-4-10-13(2,12(14)15)16-11-8-6-5-7-9-11/h5-9H,3-4,10H2,1-2H3,(H,14,15). The van der Waals surface area contributed by atoms with Gasteiger partial charge in [0, 0.05) is 0 Å². The molecule has 0 saturated heterocycles. The van der Waals surface area contributed by atoms with Gasteiger partial charge in [-0.1, -0.05) is 31.5 Å². The molecule has 0 amide bonds. The minimum atomic E-state index is -1.13. The van der Waals surface area contributed by atoms with Gasteiger partial charge >= 0.3 is 5.97 Å². The van der Waals surface area contributed by atoms with Gasteiger partial charge in [0.25, 0.3) is 0 Å². The molecule has 0 aliphatic heterocycles. The third-order valence-corrected chi connectivity index (χ3v) is 2.55. The normalized spacial score (nSPS) is 14.1. The number of ether oxygens (including phenoxy) is 1. The minimum absolute atomic E-state index is 0.522. The molecule has 1 rings (SSSR count). The highest BCUT2D eigenvalue weighted by molar-refractivity contribution is 5.77. The van der Waals surface area contributed by atoms with Crippen molar-refractivity contribution in [2.75, 3.05) is 0 Å². The predicted molar refractivity (Wildman–Crippen MR) is 62.6 cm³/mol. The quantitative estimate of drug-likeness (QED) is 0.804. The molecule has 1 N–H and O–H groups in total. The number of carbonyl (C=O) groups is 1. The summed E-state index contributed by atoms with van der Waals surface area (Å²) in [7, 11) is 0.